The van der Waals surface area contributed by atoms with Crippen molar-refractivity contribution in [3.8, 4) is 5.88 Å². The first-order chi connectivity index (χ1) is 8.22. The molecule has 0 spiro atoms. The van der Waals surface area contributed by atoms with E-state index in [-0.39, 0.29) is 5.54 Å². The van der Waals surface area contributed by atoms with Crippen molar-refractivity contribution in [2.45, 2.75) is 32.2 Å². The van der Waals surface area contributed by atoms with Gasteiger partial charge in [0, 0.05) is 12.1 Å². The van der Waals surface area contributed by atoms with E-state index in [1.54, 1.807) is 12.4 Å². The van der Waals surface area contributed by atoms with E-state index < -0.39 is 0 Å². The summed E-state index contributed by atoms with van der Waals surface area (Å²) in [5, 5.41) is 6.76. The molecule has 2 rings (SSSR count). The molecule has 0 bridgehead atoms. The zero-order valence-corrected chi connectivity index (χ0v) is 10.5. The fourth-order valence-corrected chi connectivity index (χ4v) is 1.92. The molecule has 0 aliphatic carbocycles. The van der Waals surface area contributed by atoms with Gasteiger partial charge >= 0.3 is 0 Å². The predicted molar refractivity (Wildman–Crippen MR) is 67.3 cm³/mol. The standard InChI is InChI=1S/C12H20N4O/c1-3-6-17-11-8-14-7-10(15-11)16-12(2)4-5-13-9-12/h7-8,13H,3-6,9H2,1-2H3,(H,15,16). The lowest BCUT2D eigenvalue weighted by atomic mass is 10.0. The first-order valence-electron chi connectivity index (χ1n) is 6.16. The van der Waals surface area contributed by atoms with Gasteiger partial charge in [-0.05, 0) is 26.3 Å². The summed E-state index contributed by atoms with van der Waals surface area (Å²) in [6.45, 7) is 6.93. The van der Waals surface area contributed by atoms with Gasteiger partial charge in [0.15, 0.2) is 0 Å². The third-order valence-corrected chi connectivity index (χ3v) is 2.87. The van der Waals surface area contributed by atoms with Crippen LogP contribution in [0.15, 0.2) is 12.4 Å². The van der Waals surface area contributed by atoms with Gasteiger partial charge in [0.05, 0.1) is 19.0 Å². The van der Waals surface area contributed by atoms with Crippen molar-refractivity contribution in [1.82, 2.24) is 15.3 Å². The number of anilines is 1. The van der Waals surface area contributed by atoms with E-state index >= 15 is 0 Å². The molecule has 1 fully saturated rings. The zero-order chi connectivity index (χ0) is 12.1. The van der Waals surface area contributed by atoms with Gasteiger partial charge in [0.25, 0.3) is 0 Å². The highest BCUT2D eigenvalue weighted by Crippen LogP contribution is 2.20. The molecule has 1 aromatic heterocycles. The Morgan fingerprint density at radius 1 is 1.53 bits per heavy atom. The Balaban J connectivity index is 2.00. The Labute approximate surface area is 102 Å². The maximum atomic E-state index is 5.46. The van der Waals surface area contributed by atoms with Crippen molar-refractivity contribution < 1.29 is 4.74 Å². The number of hydrogen-bond donors (Lipinski definition) is 2. The van der Waals surface area contributed by atoms with Crippen LogP contribution in [0.2, 0.25) is 0 Å². The van der Waals surface area contributed by atoms with Gasteiger partial charge < -0.3 is 15.4 Å². The molecule has 5 nitrogen and oxygen atoms in total. The normalized spacial score (nSPS) is 23.6. The lowest BCUT2D eigenvalue weighted by molar-refractivity contribution is 0.304. The molecular formula is C12H20N4O. The molecular weight excluding hydrogens is 216 g/mol. The number of hydrogen-bond acceptors (Lipinski definition) is 5. The second kappa shape index (κ2) is 5.31. The van der Waals surface area contributed by atoms with Crippen LogP contribution in [0.5, 0.6) is 5.88 Å². The van der Waals surface area contributed by atoms with Crippen LogP contribution in [0.4, 0.5) is 5.82 Å². The van der Waals surface area contributed by atoms with Crippen LogP contribution in [-0.2, 0) is 0 Å². The Morgan fingerprint density at radius 2 is 2.41 bits per heavy atom. The Kier molecular flexibility index (Phi) is 3.78. The van der Waals surface area contributed by atoms with E-state index in [1.165, 1.54) is 0 Å². The molecule has 1 unspecified atom stereocenters. The lowest BCUT2D eigenvalue weighted by Crippen LogP contribution is -2.37. The van der Waals surface area contributed by atoms with Gasteiger partial charge in [-0.3, -0.25) is 4.98 Å². The zero-order valence-electron chi connectivity index (χ0n) is 10.5. The Bertz CT molecular complexity index is 363. The van der Waals surface area contributed by atoms with Crippen LogP contribution in [-0.4, -0.2) is 35.2 Å². The van der Waals surface area contributed by atoms with Crippen LogP contribution in [0.25, 0.3) is 0 Å². The maximum absolute atomic E-state index is 5.46. The summed E-state index contributed by atoms with van der Waals surface area (Å²) in [6.07, 6.45) is 5.45. The first-order valence-corrected chi connectivity index (χ1v) is 6.16. The van der Waals surface area contributed by atoms with Crippen molar-refractivity contribution in [1.29, 1.82) is 0 Å². The number of ether oxygens (including phenoxy) is 1. The molecule has 1 aliphatic heterocycles. The smallest absolute Gasteiger partial charge is 0.234 e. The summed E-state index contributed by atoms with van der Waals surface area (Å²) in [6, 6.07) is 0. The molecule has 5 heteroatoms. The number of aromatic nitrogens is 2. The van der Waals surface area contributed by atoms with Crippen molar-refractivity contribution in [2.75, 3.05) is 25.0 Å². The SMILES string of the molecule is CCCOc1cncc(NC2(C)CCNC2)n1. The average Bonchev–Trinajstić information content (AvgIpc) is 2.73. The third-order valence-electron chi connectivity index (χ3n) is 2.87. The van der Waals surface area contributed by atoms with Crippen LogP contribution in [0, 0.1) is 0 Å². The Hall–Kier alpha value is -1.36. The summed E-state index contributed by atoms with van der Waals surface area (Å²) in [7, 11) is 0. The molecule has 1 aliphatic rings. The van der Waals surface area contributed by atoms with Gasteiger partial charge in [0.2, 0.25) is 5.88 Å². The quantitative estimate of drug-likeness (QED) is 0.810. The highest BCUT2D eigenvalue weighted by Gasteiger charge is 2.28. The minimum atomic E-state index is 0.0675. The van der Waals surface area contributed by atoms with E-state index in [4.69, 9.17) is 4.74 Å². The minimum absolute atomic E-state index is 0.0675. The number of nitrogens with zero attached hydrogens (tertiary/aromatic N) is 2. The van der Waals surface area contributed by atoms with Crippen molar-refractivity contribution in [3.05, 3.63) is 12.4 Å². The second-order valence-electron chi connectivity index (χ2n) is 4.70. The summed E-state index contributed by atoms with van der Waals surface area (Å²) in [5.41, 5.74) is 0.0675. The predicted octanol–water partition coefficient (Wildman–Crippen LogP) is 1.43. The highest BCUT2D eigenvalue weighted by atomic mass is 16.5. The van der Waals surface area contributed by atoms with Gasteiger partial charge in [0.1, 0.15) is 5.82 Å². The van der Waals surface area contributed by atoms with E-state index in [1.807, 2.05) is 0 Å². The molecule has 17 heavy (non-hydrogen) atoms. The summed E-state index contributed by atoms with van der Waals surface area (Å²) >= 11 is 0. The topological polar surface area (TPSA) is 59.1 Å². The lowest BCUT2D eigenvalue weighted by Gasteiger charge is -2.24. The van der Waals surface area contributed by atoms with Crippen molar-refractivity contribution in [2.24, 2.45) is 0 Å². The molecule has 0 radical (unpaired) electrons. The summed E-state index contributed by atoms with van der Waals surface area (Å²) in [5.74, 6) is 1.37. The highest BCUT2D eigenvalue weighted by molar-refractivity contribution is 5.37. The molecule has 0 saturated carbocycles. The average molecular weight is 236 g/mol. The minimum Gasteiger partial charge on any atom is -0.477 e. The van der Waals surface area contributed by atoms with Gasteiger partial charge in [-0.25, -0.2) is 0 Å². The molecule has 2 heterocycles. The monoisotopic (exact) mass is 236 g/mol. The third kappa shape index (κ3) is 3.30. The molecule has 94 valence electrons. The number of nitrogens with one attached hydrogen (secondary N) is 2. The van der Waals surface area contributed by atoms with Crippen LogP contribution in [0.3, 0.4) is 0 Å². The van der Waals surface area contributed by atoms with E-state index in [9.17, 15) is 0 Å². The molecule has 1 saturated heterocycles. The van der Waals surface area contributed by atoms with E-state index in [0.717, 1.165) is 31.7 Å². The van der Waals surface area contributed by atoms with Crippen molar-refractivity contribution in [3.63, 3.8) is 0 Å². The van der Waals surface area contributed by atoms with Crippen LogP contribution in [0.1, 0.15) is 26.7 Å². The van der Waals surface area contributed by atoms with Gasteiger partial charge in [-0.15, -0.1) is 0 Å². The van der Waals surface area contributed by atoms with E-state index in [2.05, 4.69) is 34.4 Å². The second-order valence-corrected chi connectivity index (χ2v) is 4.70. The van der Waals surface area contributed by atoms with Crippen LogP contribution >= 0.6 is 0 Å². The molecule has 1 atom stereocenters. The molecule has 0 amide bonds. The van der Waals surface area contributed by atoms with Crippen molar-refractivity contribution >= 4 is 5.82 Å². The number of rotatable bonds is 5. The molecule has 2 N–H and O–H groups in total. The maximum Gasteiger partial charge on any atom is 0.234 e. The van der Waals surface area contributed by atoms with Gasteiger partial charge in [-0.2, -0.15) is 4.98 Å². The first kappa shape index (κ1) is 12.1. The fourth-order valence-electron chi connectivity index (χ4n) is 1.92. The molecule has 1 aromatic rings. The summed E-state index contributed by atoms with van der Waals surface area (Å²) < 4.78 is 5.46. The van der Waals surface area contributed by atoms with Gasteiger partial charge in [-0.1, -0.05) is 6.92 Å². The molecule has 0 aromatic carbocycles. The fraction of sp³-hybridized carbons (Fsp3) is 0.667. The summed E-state index contributed by atoms with van der Waals surface area (Å²) in [4.78, 5) is 8.54. The van der Waals surface area contributed by atoms with E-state index in [0.29, 0.717) is 12.5 Å². The van der Waals surface area contributed by atoms with Crippen LogP contribution < -0.4 is 15.4 Å². The Morgan fingerprint density at radius 3 is 3.12 bits per heavy atom. The largest absolute Gasteiger partial charge is 0.477 e.